The number of likely N-dealkylation sites (tertiary alicyclic amines) is 2. The fraction of sp³-hybridized carbons (Fsp3) is 0.429. The number of carbonyl (C=O) groups excluding carboxylic acids is 2. The molecule has 47 heavy (non-hydrogen) atoms. The lowest BCUT2D eigenvalue weighted by Gasteiger charge is -2.42. The van der Waals surface area contributed by atoms with Crippen molar-refractivity contribution in [2.24, 2.45) is 0 Å². The molecule has 0 aromatic heterocycles. The van der Waals surface area contributed by atoms with Gasteiger partial charge in [-0.15, -0.1) is 0 Å². The molecule has 0 bridgehead atoms. The number of rotatable bonds is 9. The molecule has 0 saturated carbocycles. The Bertz CT molecular complexity index is 1780. The molecule has 2 saturated heterocycles. The van der Waals surface area contributed by atoms with Gasteiger partial charge in [0.1, 0.15) is 11.5 Å². The van der Waals surface area contributed by atoms with Gasteiger partial charge in [-0.25, -0.2) is 12.7 Å². The maximum absolute atomic E-state index is 15.4. The summed E-state index contributed by atoms with van der Waals surface area (Å²) in [5.74, 6) is 0.0293. The summed E-state index contributed by atoms with van der Waals surface area (Å²) in [7, 11) is 1.98. The molecule has 1 unspecified atom stereocenters. The second-order valence-corrected chi connectivity index (χ2v) is 14.8. The summed E-state index contributed by atoms with van der Waals surface area (Å²) in [6.45, 7) is 3.12. The van der Waals surface area contributed by atoms with Crippen LogP contribution in [0.5, 0.6) is 11.5 Å². The van der Waals surface area contributed by atoms with E-state index in [1.807, 2.05) is 23.1 Å². The number of hydrogen-bond donors (Lipinski definition) is 0. The van der Waals surface area contributed by atoms with Crippen LogP contribution in [0.25, 0.3) is 0 Å². The molecular weight excluding hydrogens is 640 g/mol. The Hall–Kier alpha value is -3.64. The maximum atomic E-state index is 15.4. The standard InChI is InChI=1S/C35H41ClN4O6S/c1-37(2)33(41)31-9-8-20-39(31)35(28-16-10-24(21-32(28)46-4)23-38-18-6-5-7-19-38)29-22-25(36)11-17-30(29)40(34(35)42)47(43,44)27-14-12-26(45-3)13-15-27/h10-17,21-22,31H,5-9,18-20,23H2,1-4H3/t31-,35?/m0/s1. The Morgan fingerprint density at radius 2 is 1.64 bits per heavy atom. The van der Waals surface area contributed by atoms with Crippen LogP contribution in [0.2, 0.25) is 5.02 Å². The third-order valence-corrected chi connectivity index (χ3v) is 11.5. The summed E-state index contributed by atoms with van der Waals surface area (Å²) in [6.07, 6.45) is 4.67. The molecule has 0 aliphatic carbocycles. The largest absolute Gasteiger partial charge is 0.497 e. The molecule has 2 atom stereocenters. The molecule has 2 amide bonds. The Balaban J connectivity index is 1.59. The van der Waals surface area contributed by atoms with Crippen LogP contribution < -0.4 is 13.8 Å². The normalized spacial score (nSPS) is 21.9. The minimum atomic E-state index is -4.43. The third kappa shape index (κ3) is 5.67. The smallest absolute Gasteiger partial charge is 0.271 e. The number of nitrogens with zero attached hydrogens (tertiary/aromatic N) is 4. The molecule has 0 N–H and O–H groups in total. The minimum absolute atomic E-state index is 0.0745. The summed E-state index contributed by atoms with van der Waals surface area (Å²) >= 11 is 6.64. The van der Waals surface area contributed by atoms with E-state index in [-0.39, 0.29) is 16.5 Å². The first-order chi connectivity index (χ1) is 22.5. The second kappa shape index (κ2) is 13.1. The molecule has 3 aromatic carbocycles. The molecule has 10 nitrogen and oxygen atoms in total. The predicted molar refractivity (Wildman–Crippen MR) is 180 cm³/mol. The Morgan fingerprint density at radius 3 is 2.30 bits per heavy atom. The highest BCUT2D eigenvalue weighted by molar-refractivity contribution is 7.93. The summed E-state index contributed by atoms with van der Waals surface area (Å²) in [5.41, 5.74) is 0.304. The van der Waals surface area contributed by atoms with Gasteiger partial charge in [-0.1, -0.05) is 30.2 Å². The zero-order valence-electron chi connectivity index (χ0n) is 27.2. The van der Waals surface area contributed by atoms with E-state index in [1.54, 1.807) is 51.5 Å². The highest BCUT2D eigenvalue weighted by Crippen LogP contribution is 2.55. The van der Waals surface area contributed by atoms with Crippen LogP contribution in [0.15, 0.2) is 65.6 Å². The van der Waals surface area contributed by atoms with Crippen molar-refractivity contribution in [1.29, 1.82) is 0 Å². The first kappa shape index (κ1) is 33.3. The number of halogens is 1. The number of benzene rings is 3. The molecule has 3 aliphatic rings. The molecule has 6 rings (SSSR count). The lowest BCUT2D eigenvalue weighted by molar-refractivity contribution is -0.138. The third-order valence-electron chi connectivity index (χ3n) is 9.58. The van der Waals surface area contributed by atoms with Gasteiger partial charge in [-0.2, -0.15) is 0 Å². The lowest BCUT2D eigenvalue weighted by atomic mass is 9.80. The highest BCUT2D eigenvalue weighted by atomic mass is 35.5. The molecule has 0 radical (unpaired) electrons. The van der Waals surface area contributed by atoms with E-state index < -0.39 is 27.5 Å². The van der Waals surface area contributed by atoms with Gasteiger partial charge in [0.15, 0.2) is 5.54 Å². The van der Waals surface area contributed by atoms with Crippen LogP contribution in [-0.2, 0) is 31.7 Å². The Labute approximate surface area is 281 Å². The van der Waals surface area contributed by atoms with Crippen molar-refractivity contribution in [3.05, 3.63) is 82.4 Å². The van der Waals surface area contributed by atoms with Gasteiger partial charge in [-0.3, -0.25) is 19.4 Å². The number of carbonyl (C=O) groups is 2. The molecule has 2 fully saturated rings. The van der Waals surface area contributed by atoms with Gasteiger partial charge in [0.05, 0.1) is 30.8 Å². The summed E-state index contributed by atoms with van der Waals surface area (Å²) in [6, 6.07) is 15.8. The van der Waals surface area contributed by atoms with Gasteiger partial charge in [0, 0.05) is 43.3 Å². The molecule has 3 aromatic rings. The average Bonchev–Trinajstić information content (AvgIpc) is 3.66. The predicted octanol–water partition coefficient (Wildman–Crippen LogP) is 4.87. The topological polar surface area (TPSA) is 99.7 Å². The van der Waals surface area contributed by atoms with Crippen molar-refractivity contribution in [2.45, 2.75) is 55.1 Å². The van der Waals surface area contributed by atoms with Crippen LogP contribution in [0.1, 0.15) is 48.8 Å². The Morgan fingerprint density at radius 1 is 0.915 bits per heavy atom. The number of ether oxygens (including phenoxy) is 2. The van der Waals surface area contributed by atoms with Crippen LogP contribution >= 0.6 is 11.6 Å². The molecule has 3 aliphatic heterocycles. The summed E-state index contributed by atoms with van der Waals surface area (Å²) in [4.78, 5) is 34.8. The van der Waals surface area contributed by atoms with E-state index in [4.69, 9.17) is 21.1 Å². The van der Waals surface area contributed by atoms with E-state index >= 15 is 4.79 Å². The van der Waals surface area contributed by atoms with Crippen molar-refractivity contribution in [3.63, 3.8) is 0 Å². The number of hydrogen-bond acceptors (Lipinski definition) is 8. The number of methoxy groups -OCH3 is 2. The first-order valence-corrected chi connectivity index (χ1v) is 17.8. The van der Waals surface area contributed by atoms with Gasteiger partial charge in [-0.05, 0) is 92.9 Å². The van der Waals surface area contributed by atoms with Crippen LogP contribution in [0.4, 0.5) is 5.69 Å². The van der Waals surface area contributed by atoms with Crippen molar-refractivity contribution in [2.75, 3.05) is 52.3 Å². The fourth-order valence-corrected chi connectivity index (χ4v) is 8.99. The highest BCUT2D eigenvalue weighted by Gasteiger charge is 2.63. The fourth-order valence-electron chi connectivity index (χ4n) is 7.36. The average molecular weight is 681 g/mol. The molecule has 0 spiro atoms. The van der Waals surface area contributed by atoms with Gasteiger partial charge in [0.25, 0.3) is 15.9 Å². The van der Waals surface area contributed by atoms with Gasteiger partial charge >= 0.3 is 0 Å². The van der Waals surface area contributed by atoms with Gasteiger partial charge < -0.3 is 14.4 Å². The summed E-state index contributed by atoms with van der Waals surface area (Å²) in [5, 5.41) is 0.333. The number of sulfonamides is 1. The van der Waals surface area contributed by atoms with Crippen LogP contribution in [-0.4, -0.2) is 88.9 Å². The molecular formula is C35H41ClN4O6S. The number of piperidine rings is 1. The molecule has 250 valence electrons. The van der Waals surface area contributed by atoms with Crippen LogP contribution in [0.3, 0.4) is 0 Å². The van der Waals surface area contributed by atoms with Crippen LogP contribution in [0, 0.1) is 0 Å². The maximum Gasteiger partial charge on any atom is 0.271 e. The number of fused-ring (bicyclic) bond motifs is 1. The van der Waals surface area contributed by atoms with E-state index in [0.717, 1.165) is 42.3 Å². The van der Waals surface area contributed by atoms with Crippen molar-refractivity contribution in [3.8, 4) is 11.5 Å². The van der Waals surface area contributed by atoms with Crippen molar-refractivity contribution in [1.82, 2.24) is 14.7 Å². The lowest BCUT2D eigenvalue weighted by Crippen LogP contribution is -2.59. The molecule has 3 heterocycles. The zero-order chi connectivity index (χ0) is 33.5. The van der Waals surface area contributed by atoms with E-state index in [9.17, 15) is 13.2 Å². The minimum Gasteiger partial charge on any atom is -0.497 e. The number of likely N-dealkylation sites (N-methyl/N-ethyl adjacent to an activating group) is 1. The van der Waals surface area contributed by atoms with Gasteiger partial charge in [0.2, 0.25) is 5.91 Å². The van der Waals surface area contributed by atoms with E-state index in [0.29, 0.717) is 47.0 Å². The van der Waals surface area contributed by atoms with E-state index in [2.05, 4.69) is 4.90 Å². The second-order valence-electron chi connectivity index (χ2n) is 12.6. The number of anilines is 1. The van der Waals surface area contributed by atoms with Crippen molar-refractivity contribution < 1.29 is 27.5 Å². The van der Waals surface area contributed by atoms with Crippen molar-refractivity contribution >= 4 is 39.1 Å². The molecule has 12 heteroatoms. The Kier molecular flexibility index (Phi) is 9.28. The SMILES string of the molecule is COc1ccc(S(=O)(=O)N2C(=O)C(c3ccc(CN4CCCCC4)cc3OC)(N3CCC[C@H]3C(=O)N(C)C)c3cc(Cl)ccc32)cc1. The summed E-state index contributed by atoms with van der Waals surface area (Å²) < 4.78 is 41.1. The monoisotopic (exact) mass is 680 g/mol. The quantitative estimate of drug-likeness (QED) is 0.316. The zero-order valence-corrected chi connectivity index (χ0v) is 28.8. The first-order valence-electron chi connectivity index (χ1n) is 16.0. The number of amides is 2. The van der Waals surface area contributed by atoms with E-state index in [1.165, 1.54) is 30.6 Å².